The van der Waals surface area contributed by atoms with Crippen LogP contribution in [0.1, 0.15) is 36.7 Å². The van der Waals surface area contributed by atoms with Crippen LogP contribution < -0.4 is 15.0 Å². The molecule has 2 aromatic rings. The van der Waals surface area contributed by atoms with E-state index in [1.807, 2.05) is 0 Å². The van der Waals surface area contributed by atoms with Gasteiger partial charge in [-0.25, -0.2) is 14.0 Å². The Kier molecular flexibility index (Phi) is 7.71. The Bertz CT molecular complexity index is 1080. The van der Waals surface area contributed by atoms with Crippen molar-refractivity contribution in [1.29, 1.82) is 0 Å². The lowest BCUT2D eigenvalue weighted by molar-refractivity contribution is -0.120. The van der Waals surface area contributed by atoms with Crippen LogP contribution in [0.25, 0.3) is 0 Å². The van der Waals surface area contributed by atoms with Crippen LogP contribution in [0.2, 0.25) is 0 Å². The number of nitrogens with zero attached hydrogens (tertiary/aromatic N) is 1. The smallest absolute Gasteiger partial charge is 0.408 e. The van der Waals surface area contributed by atoms with Crippen molar-refractivity contribution in [3.63, 3.8) is 0 Å². The van der Waals surface area contributed by atoms with E-state index < -0.39 is 35.4 Å². The molecule has 1 aliphatic rings. The standard InChI is InChI=1S/C24H27FN2O6S/c1-24(2,3)33-23(30)26-18-13-34-20-11-17(25)16(22(29)32-5)10-19(20)27(21(18)28)12-14-6-8-15(31-4)9-7-14/h6-11,18H,12-13H2,1-5H3,(H,26,30)/t18-/m0/s1. The van der Waals surface area contributed by atoms with Gasteiger partial charge in [0, 0.05) is 10.6 Å². The van der Waals surface area contributed by atoms with Crippen molar-refractivity contribution in [2.24, 2.45) is 0 Å². The Morgan fingerprint density at radius 3 is 2.44 bits per heavy atom. The first-order valence-electron chi connectivity index (χ1n) is 10.5. The van der Waals surface area contributed by atoms with Crippen LogP contribution in [-0.2, 0) is 20.8 Å². The molecule has 0 radical (unpaired) electrons. The maximum atomic E-state index is 14.7. The summed E-state index contributed by atoms with van der Waals surface area (Å²) in [5.74, 6) is -1.22. The van der Waals surface area contributed by atoms with Crippen LogP contribution in [0.3, 0.4) is 0 Å². The molecule has 0 fully saturated rings. The van der Waals surface area contributed by atoms with Crippen LogP contribution in [0.15, 0.2) is 41.3 Å². The largest absolute Gasteiger partial charge is 0.497 e. The van der Waals surface area contributed by atoms with Gasteiger partial charge in [-0.15, -0.1) is 11.8 Å². The van der Waals surface area contributed by atoms with E-state index in [2.05, 4.69) is 10.1 Å². The van der Waals surface area contributed by atoms with Crippen molar-refractivity contribution < 1.29 is 33.0 Å². The molecule has 2 amide bonds. The first-order valence-corrected chi connectivity index (χ1v) is 11.5. The summed E-state index contributed by atoms with van der Waals surface area (Å²) in [5.41, 5.74) is 0.0935. The normalized spacial score (nSPS) is 15.8. The fraction of sp³-hybridized carbons (Fsp3) is 0.375. The summed E-state index contributed by atoms with van der Waals surface area (Å²) in [5, 5.41) is 2.62. The summed E-state index contributed by atoms with van der Waals surface area (Å²) in [7, 11) is 2.71. The molecule has 3 rings (SSSR count). The number of hydrogen-bond donors (Lipinski definition) is 1. The summed E-state index contributed by atoms with van der Waals surface area (Å²) >= 11 is 1.20. The van der Waals surface area contributed by atoms with E-state index >= 15 is 0 Å². The van der Waals surface area contributed by atoms with Crippen LogP contribution in [-0.4, -0.2) is 49.6 Å². The third kappa shape index (κ3) is 5.99. The maximum Gasteiger partial charge on any atom is 0.408 e. The number of alkyl carbamates (subject to hydrolysis) is 1. The summed E-state index contributed by atoms with van der Waals surface area (Å²) in [4.78, 5) is 39.9. The molecule has 0 saturated heterocycles. The highest BCUT2D eigenvalue weighted by Crippen LogP contribution is 2.37. The molecular weight excluding hydrogens is 463 g/mol. The SMILES string of the molecule is COC(=O)c1cc2c(cc1F)SC[C@H](NC(=O)OC(C)(C)C)C(=O)N2Cc1ccc(OC)cc1. The van der Waals surface area contributed by atoms with Gasteiger partial charge >= 0.3 is 12.1 Å². The number of benzene rings is 2. The van der Waals surface area contributed by atoms with Crippen molar-refractivity contribution >= 4 is 35.4 Å². The van der Waals surface area contributed by atoms with E-state index in [4.69, 9.17) is 9.47 Å². The minimum absolute atomic E-state index is 0.120. The first-order chi connectivity index (χ1) is 16.0. The van der Waals surface area contributed by atoms with Crippen molar-refractivity contribution in [2.45, 2.75) is 43.9 Å². The van der Waals surface area contributed by atoms with Gasteiger partial charge in [-0.2, -0.15) is 0 Å². The molecule has 0 bridgehead atoms. The van der Waals surface area contributed by atoms with Gasteiger partial charge in [-0.1, -0.05) is 12.1 Å². The molecule has 0 saturated carbocycles. The lowest BCUT2D eigenvalue weighted by Crippen LogP contribution is -2.50. The molecule has 8 nitrogen and oxygen atoms in total. The van der Waals surface area contributed by atoms with Crippen molar-refractivity contribution in [1.82, 2.24) is 5.32 Å². The highest BCUT2D eigenvalue weighted by molar-refractivity contribution is 7.99. The molecule has 1 heterocycles. The molecule has 2 aromatic carbocycles. The van der Waals surface area contributed by atoms with Crippen LogP contribution in [0, 0.1) is 5.82 Å². The zero-order chi connectivity index (χ0) is 25.0. The van der Waals surface area contributed by atoms with E-state index in [1.165, 1.54) is 28.8 Å². The zero-order valence-corrected chi connectivity index (χ0v) is 20.5. The molecule has 182 valence electrons. The molecule has 34 heavy (non-hydrogen) atoms. The molecule has 1 atom stereocenters. The van der Waals surface area contributed by atoms with E-state index in [-0.39, 0.29) is 17.9 Å². The summed E-state index contributed by atoms with van der Waals surface area (Å²) in [6.45, 7) is 5.28. The Hall–Kier alpha value is -3.27. The minimum Gasteiger partial charge on any atom is -0.497 e. The van der Waals surface area contributed by atoms with Gasteiger partial charge < -0.3 is 24.4 Å². The molecular formula is C24H27FN2O6S. The predicted octanol–water partition coefficient (Wildman–Crippen LogP) is 4.15. The lowest BCUT2D eigenvalue weighted by atomic mass is 10.1. The molecule has 0 aromatic heterocycles. The number of halogens is 1. The second-order valence-corrected chi connectivity index (χ2v) is 9.64. The van der Waals surface area contributed by atoms with Crippen LogP contribution >= 0.6 is 11.8 Å². The van der Waals surface area contributed by atoms with Gasteiger partial charge in [-0.05, 0) is 50.6 Å². The Balaban J connectivity index is 2.00. The van der Waals surface area contributed by atoms with Crippen LogP contribution in [0.4, 0.5) is 14.9 Å². The van der Waals surface area contributed by atoms with Gasteiger partial charge in [0.2, 0.25) is 0 Å². The third-order valence-electron chi connectivity index (χ3n) is 4.91. The minimum atomic E-state index is -0.935. The summed E-state index contributed by atoms with van der Waals surface area (Å²) in [6, 6.07) is 8.69. The van der Waals surface area contributed by atoms with Gasteiger partial charge in [0.25, 0.3) is 5.91 Å². The topological polar surface area (TPSA) is 94.2 Å². The zero-order valence-electron chi connectivity index (χ0n) is 19.6. The summed E-state index contributed by atoms with van der Waals surface area (Å²) < 4.78 is 29.8. The van der Waals surface area contributed by atoms with Gasteiger partial charge in [0.15, 0.2) is 0 Å². The number of rotatable bonds is 5. The highest BCUT2D eigenvalue weighted by atomic mass is 32.2. The fourth-order valence-corrected chi connectivity index (χ4v) is 4.39. The number of fused-ring (bicyclic) bond motifs is 1. The molecule has 0 aliphatic carbocycles. The predicted molar refractivity (Wildman–Crippen MR) is 126 cm³/mol. The molecule has 10 heteroatoms. The number of ether oxygens (including phenoxy) is 3. The van der Waals surface area contributed by atoms with E-state index in [1.54, 1.807) is 52.1 Å². The number of thioether (sulfide) groups is 1. The number of hydrogen-bond acceptors (Lipinski definition) is 7. The molecule has 1 aliphatic heterocycles. The van der Waals surface area contributed by atoms with Crippen molar-refractivity contribution in [3.05, 3.63) is 53.3 Å². The second kappa shape index (κ2) is 10.3. The van der Waals surface area contributed by atoms with Gasteiger partial charge in [-0.3, -0.25) is 4.79 Å². The van der Waals surface area contributed by atoms with Crippen molar-refractivity contribution in [2.75, 3.05) is 24.9 Å². The number of esters is 1. The van der Waals surface area contributed by atoms with Crippen LogP contribution in [0.5, 0.6) is 5.75 Å². The molecule has 0 spiro atoms. The number of anilines is 1. The number of methoxy groups -OCH3 is 2. The van der Waals surface area contributed by atoms with E-state index in [0.29, 0.717) is 16.3 Å². The lowest BCUT2D eigenvalue weighted by Gasteiger charge is -2.27. The highest BCUT2D eigenvalue weighted by Gasteiger charge is 2.34. The Morgan fingerprint density at radius 1 is 1.18 bits per heavy atom. The number of amides is 2. The third-order valence-corrected chi connectivity index (χ3v) is 6.04. The van der Waals surface area contributed by atoms with Crippen molar-refractivity contribution in [3.8, 4) is 5.75 Å². The van der Waals surface area contributed by atoms with Gasteiger partial charge in [0.05, 0.1) is 32.0 Å². The first kappa shape index (κ1) is 25.4. The molecule has 0 unspecified atom stereocenters. The van der Waals surface area contributed by atoms with Gasteiger partial charge in [0.1, 0.15) is 23.2 Å². The number of carbonyl (C=O) groups excluding carboxylic acids is 3. The maximum absolute atomic E-state index is 14.7. The number of nitrogens with one attached hydrogen (secondary N) is 1. The quantitative estimate of drug-likeness (QED) is 0.629. The monoisotopic (exact) mass is 490 g/mol. The number of carbonyl (C=O) groups is 3. The molecule has 1 N–H and O–H groups in total. The Morgan fingerprint density at radius 2 is 1.85 bits per heavy atom. The average molecular weight is 491 g/mol. The van der Waals surface area contributed by atoms with E-state index in [9.17, 15) is 18.8 Å². The Labute approximate surface area is 201 Å². The summed E-state index contributed by atoms with van der Waals surface area (Å²) in [6.07, 6.45) is -0.733. The average Bonchev–Trinajstić information content (AvgIpc) is 2.89. The van der Waals surface area contributed by atoms with E-state index in [0.717, 1.165) is 12.7 Å². The second-order valence-electron chi connectivity index (χ2n) is 8.57. The fourth-order valence-electron chi connectivity index (χ4n) is 3.32.